The number of amides is 1. The minimum absolute atomic E-state index is 0.0928. The number of rotatable bonds is 4. The van der Waals surface area contributed by atoms with Gasteiger partial charge in [-0.05, 0) is 25.1 Å². The second-order valence-corrected chi connectivity index (χ2v) is 4.80. The van der Waals surface area contributed by atoms with E-state index in [0.29, 0.717) is 17.3 Å². The maximum atomic E-state index is 12.2. The van der Waals surface area contributed by atoms with Crippen LogP contribution in [0.5, 0.6) is 0 Å². The van der Waals surface area contributed by atoms with Gasteiger partial charge in [-0.3, -0.25) is 4.79 Å². The minimum Gasteiger partial charge on any atom is -0.467 e. The predicted molar refractivity (Wildman–Crippen MR) is 80.8 cm³/mol. The molecule has 0 fully saturated rings. The van der Waals surface area contributed by atoms with Crippen molar-refractivity contribution in [2.45, 2.75) is 13.0 Å². The molecule has 122 valence electrons. The Morgan fingerprint density at radius 2 is 1.96 bits per heavy atom. The lowest BCUT2D eigenvalue weighted by Crippen LogP contribution is -2.39. The number of carbonyl (C=O) groups excluding carboxylic acids is 2. The number of hydrogen-bond acceptors (Lipinski definition) is 8. The van der Waals surface area contributed by atoms with E-state index in [9.17, 15) is 9.59 Å². The zero-order chi connectivity index (χ0) is 17.1. The first-order chi connectivity index (χ1) is 11.6. The maximum absolute atomic E-state index is 12.2. The first kappa shape index (κ1) is 15.5. The van der Waals surface area contributed by atoms with E-state index in [1.807, 2.05) is 0 Å². The van der Waals surface area contributed by atoms with Crippen LogP contribution in [0.1, 0.15) is 17.4 Å². The summed E-state index contributed by atoms with van der Waals surface area (Å²) in [6, 6.07) is 3.95. The van der Waals surface area contributed by atoms with Gasteiger partial charge in [0.2, 0.25) is 5.82 Å². The lowest BCUT2D eigenvalue weighted by atomic mass is 10.3. The third-order valence-electron chi connectivity index (χ3n) is 3.16. The molecule has 3 heterocycles. The van der Waals surface area contributed by atoms with E-state index in [1.54, 1.807) is 24.5 Å². The van der Waals surface area contributed by atoms with Crippen molar-refractivity contribution in [2.75, 3.05) is 7.11 Å². The molecule has 0 aliphatic heterocycles. The van der Waals surface area contributed by atoms with Gasteiger partial charge in [0.25, 0.3) is 5.91 Å². The topological polar surface area (TPSA) is 124 Å². The average Bonchev–Trinajstić information content (AvgIpc) is 3.04. The van der Waals surface area contributed by atoms with Crippen molar-refractivity contribution in [3.8, 4) is 11.6 Å². The van der Waals surface area contributed by atoms with E-state index in [-0.39, 0.29) is 5.69 Å². The van der Waals surface area contributed by atoms with Crippen LogP contribution in [0.2, 0.25) is 0 Å². The van der Waals surface area contributed by atoms with Gasteiger partial charge in [-0.1, -0.05) is 0 Å². The van der Waals surface area contributed by atoms with Gasteiger partial charge in [0.05, 0.1) is 7.11 Å². The van der Waals surface area contributed by atoms with Crippen molar-refractivity contribution in [1.82, 2.24) is 35.1 Å². The Hall–Kier alpha value is -3.43. The monoisotopic (exact) mass is 327 g/mol. The second-order valence-electron chi connectivity index (χ2n) is 4.80. The quantitative estimate of drug-likeness (QED) is 0.657. The van der Waals surface area contributed by atoms with E-state index in [4.69, 9.17) is 0 Å². The molecule has 0 saturated heterocycles. The minimum atomic E-state index is -0.794. The first-order valence-corrected chi connectivity index (χ1v) is 6.98. The Labute approximate surface area is 135 Å². The molecule has 10 nitrogen and oxygen atoms in total. The summed E-state index contributed by atoms with van der Waals surface area (Å²) in [4.78, 5) is 31.8. The van der Waals surface area contributed by atoms with Crippen molar-refractivity contribution in [3.05, 3.63) is 36.3 Å². The molecule has 0 saturated carbocycles. The zero-order valence-corrected chi connectivity index (χ0v) is 12.9. The van der Waals surface area contributed by atoms with Gasteiger partial charge in [-0.2, -0.15) is 9.61 Å². The fourth-order valence-electron chi connectivity index (χ4n) is 1.97. The maximum Gasteiger partial charge on any atom is 0.328 e. The van der Waals surface area contributed by atoms with Crippen molar-refractivity contribution >= 4 is 17.5 Å². The molecule has 10 heteroatoms. The summed E-state index contributed by atoms with van der Waals surface area (Å²) in [5.74, 6) is -0.435. The molecule has 0 bridgehead atoms. The summed E-state index contributed by atoms with van der Waals surface area (Å²) in [6.45, 7) is 1.52. The summed E-state index contributed by atoms with van der Waals surface area (Å²) >= 11 is 0. The smallest absolute Gasteiger partial charge is 0.328 e. The van der Waals surface area contributed by atoms with Gasteiger partial charge in [-0.25, -0.2) is 14.8 Å². The van der Waals surface area contributed by atoms with Crippen LogP contribution in [0.15, 0.2) is 30.6 Å². The van der Waals surface area contributed by atoms with Crippen LogP contribution in [-0.4, -0.2) is 54.8 Å². The van der Waals surface area contributed by atoms with E-state index in [1.165, 1.54) is 24.6 Å². The number of carbonyl (C=O) groups is 2. The highest BCUT2D eigenvalue weighted by Gasteiger charge is 2.19. The molecule has 1 amide bonds. The Morgan fingerprint density at radius 1 is 1.21 bits per heavy atom. The van der Waals surface area contributed by atoms with Gasteiger partial charge >= 0.3 is 5.97 Å². The summed E-state index contributed by atoms with van der Waals surface area (Å²) in [6.07, 6.45) is 3.13. The van der Waals surface area contributed by atoms with E-state index < -0.39 is 17.9 Å². The molecule has 3 aromatic rings. The van der Waals surface area contributed by atoms with E-state index in [0.717, 1.165) is 0 Å². The van der Waals surface area contributed by atoms with Gasteiger partial charge < -0.3 is 10.1 Å². The van der Waals surface area contributed by atoms with Gasteiger partial charge in [-0.15, -0.1) is 10.2 Å². The number of aromatic nitrogens is 6. The van der Waals surface area contributed by atoms with E-state index >= 15 is 0 Å². The van der Waals surface area contributed by atoms with Crippen molar-refractivity contribution < 1.29 is 14.3 Å². The fourth-order valence-corrected chi connectivity index (χ4v) is 1.97. The molecule has 0 aliphatic carbocycles. The Morgan fingerprint density at radius 3 is 2.67 bits per heavy atom. The number of fused-ring (bicyclic) bond motifs is 1. The highest BCUT2D eigenvalue weighted by molar-refractivity contribution is 5.95. The molecule has 24 heavy (non-hydrogen) atoms. The van der Waals surface area contributed by atoms with Crippen LogP contribution in [0.4, 0.5) is 0 Å². The van der Waals surface area contributed by atoms with Crippen LogP contribution in [0, 0.1) is 0 Å². The fraction of sp³-hybridized carbons (Fsp3) is 0.214. The number of esters is 1. The summed E-state index contributed by atoms with van der Waals surface area (Å²) < 4.78 is 5.94. The van der Waals surface area contributed by atoms with E-state index in [2.05, 4.69) is 35.3 Å². The Kier molecular flexibility index (Phi) is 4.10. The largest absolute Gasteiger partial charge is 0.467 e. The highest BCUT2D eigenvalue weighted by Crippen LogP contribution is 2.12. The molecule has 3 rings (SSSR count). The first-order valence-electron chi connectivity index (χ1n) is 6.98. The highest BCUT2D eigenvalue weighted by atomic mass is 16.5. The number of ether oxygens (including phenoxy) is 1. The number of hydrogen-bond donors (Lipinski definition) is 1. The molecule has 1 unspecified atom stereocenters. The molecule has 1 N–H and O–H groups in total. The van der Waals surface area contributed by atoms with Crippen LogP contribution in [0.25, 0.3) is 17.3 Å². The third kappa shape index (κ3) is 2.89. The molecule has 3 aromatic heterocycles. The summed E-state index contributed by atoms with van der Waals surface area (Å²) in [5.41, 5.74) is 0.533. The lowest BCUT2D eigenvalue weighted by molar-refractivity contribution is -0.142. The number of nitrogens with zero attached hydrogens (tertiary/aromatic N) is 6. The lowest BCUT2D eigenvalue weighted by Gasteiger charge is -2.11. The van der Waals surface area contributed by atoms with Crippen LogP contribution < -0.4 is 5.32 Å². The number of methoxy groups -OCH3 is 1. The molecule has 0 spiro atoms. The van der Waals surface area contributed by atoms with Crippen molar-refractivity contribution in [1.29, 1.82) is 0 Å². The SMILES string of the molecule is COC(=O)C(C)NC(=O)c1ccc2nnc(-c3ncccn3)n2n1. The molecular formula is C14H13N7O3. The van der Waals surface area contributed by atoms with Gasteiger partial charge in [0, 0.05) is 12.4 Å². The van der Waals surface area contributed by atoms with Gasteiger partial charge in [0.15, 0.2) is 11.5 Å². The van der Waals surface area contributed by atoms with Crippen LogP contribution in [0.3, 0.4) is 0 Å². The predicted octanol–water partition coefficient (Wildman–Crippen LogP) is -0.127. The van der Waals surface area contributed by atoms with Crippen LogP contribution >= 0.6 is 0 Å². The molecule has 0 aliphatic rings. The van der Waals surface area contributed by atoms with Crippen molar-refractivity contribution in [2.24, 2.45) is 0 Å². The van der Waals surface area contributed by atoms with Crippen LogP contribution in [-0.2, 0) is 9.53 Å². The zero-order valence-electron chi connectivity index (χ0n) is 12.9. The summed E-state index contributed by atoms with van der Waals surface area (Å²) in [5, 5.41) is 14.6. The Balaban J connectivity index is 1.93. The normalized spacial score (nSPS) is 11.9. The molecule has 0 radical (unpaired) electrons. The second kappa shape index (κ2) is 6.36. The summed E-state index contributed by atoms with van der Waals surface area (Å²) in [7, 11) is 1.25. The van der Waals surface area contributed by atoms with Gasteiger partial charge in [0.1, 0.15) is 11.7 Å². The average molecular weight is 327 g/mol. The standard InChI is InChI=1S/C14H13N7O3/c1-8(14(23)24-2)17-13(22)9-4-5-10-18-19-12(21(10)20-9)11-15-6-3-7-16-11/h3-8H,1-2H3,(H,17,22). The molecular weight excluding hydrogens is 314 g/mol. The molecule has 1 atom stereocenters. The Bertz CT molecular complexity index is 894. The third-order valence-corrected chi connectivity index (χ3v) is 3.16. The molecule has 0 aromatic carbocycles. The number of nitrogens with one attached hydrogen (secondary N) is 1. The van der Waals surface area contributed by atoms with Crippen molar-refractivity contribution in [3.63, 3.8) is 0 Å².